The average molecular weight is 346 g/mol. The summed E-state index contributed by atoms with van der Waals surface area (Å²) in [5.41, 5.74) is 2.76. The van der Waals surface area contributed by atoms with Gasteiger partial charge < -0.3 is 9.84 Å². The lowest BCUT2D eigenvalue weighted by Gasteiger charge is -2.17. The molecular formula is C23H22O3. The fourth-order valence-electron chi connectivity index (χ4n) is 3.10. The van der Waals surface area contributed by atoms with Crippen molar-refractivity contribution in [2.75, 3.05) is 7.11 Å². The molecule has 1 N–H and O–H groups in total. The van der Waals surface area contributed by atoms with E-state index in [9.17, 15) is 9.90 Å². The van der Waals surface area contributed by atoms with E-state index in [1.165, 1.54) is 0 Å². The number of hydrogen-bond acceptors (Lipinski definition) is 3. The summed E-state index contributed by atoms with van der Waals surface area (Å²) in [6, 6.07) is 24.3. The molecule has 0 saturated carbocycles. The van der Waals surface area contributed by atoms with Crippen molar-refractivity contribution in [1.29, 1.82) is 0 Å². The number of ether oxygens (including phenoxy) is 1. The summed E-state index contributed by atoms with van der Waals surface area (Å²) >= 11 is 0. The number of aryl methyl sites for hydroxylation is 1. The maximum atomic E-state index is 13.1. The van der Waals surface area contributed by atoms with Crippen LogP contribution in [-0.2, 0) is 6.42 Å². The van der Waals surface area contributed by atoms with Gasteiger partial charge in [0.05, 0.1) is 7.11 Å². The van der Waals surface area contributed by atoms with Gasteiger partial charge in [-0.3, -0.25) is 4.79 Å². The van der Waals surface area contributed by atoms with Gasteiger partial charge in [0, 0.05) is 11.5 Å². The molecular weight excluding hydrogens is 324 g/mol. The summed E-state index contributed by atoms with van der Waals surface area (Å²) in [6.07, 6.45) is 1.48. The van der Waals surface area contributed by atoms with Crippen LogP contribution in [0.2, 0.25) is 0 Å². The number of methoxy groups -OCH3 is 1. The third-order valence-electron chi connectivity index (χ3n) is 4.53. The zero-order valence-corrected chi connectivity index (χ0v) is 14.8. The second-order valence-corrected chi connectivity index (χ2v) is 6.26. The normalized spacial score (nSPS) is 11.7. The minimum absolute atomic E-state index is 0.0686. The summed E-state index contributed by atoms with van der Waals surface area (Å²) in [5, 5.41) is 9.47. The van der Waals surface area contributed by atoms with E-state index in [4.69, 9.17) is 4.74 Å². The largest absolute Gasteiger partial charge is 0.508 e. The highest BCUT2D eigenvalue weighted by Crippen LogP contribution is 2.27. The lowest BCUT2D eigenvalue weighted by Crippen LogP contribution is -2.14. The van der Waals surface area contributed by atoms with Gasteiger partial charge >= 0.3 is 0 Å². The van der Waals surface area contributed by atoms with Crippen LogP contribution < -0.4 is 4.74 Å². The van der Waals surface area contributed by atoms with E-state index in [0.29, 0.717) is 12.0 Å². The van der Waals surface area contributed by atoms with Gasteiger partial charge in [-0.15, -0.1) is 0 Å². The van der Waals surface area contributed by atoms with Crippen molar-refractivity contribution in [3.8, 4) is 11.5 Å². The molecule has 1 atom stereocenters. The predicted octanol–water partition coefficient (Wildman–Crippen LogP) is 5.00. The molecule has 0 aliphatic heterocycles. The van der Waals surface area contributed by atoms with Gasteiger partial charge in [-0.25, -0.2) is 0 Å². The Morgan fingerprint density at radius 3 is 2.38 bits per heavy atom. The standard InChI is InChI=1S/C23H22O3/c1-26-21-9-5-6-17(16-21)10-15-22(18-7-3-2-4-8-18)23(25)19-11-13-20(24)14-12-19/h2-9,11-14,16,22,24H,10,15H2,1H3. The monoisotopic (exact) mass is 346 g/mol. The van der Waals surface area contributed by atoms with E-state index in [2.05, 4.69) is 6.07 Å². The van der Waals surface area contributed by atoms with Crippen LogP contribution in [0.5, 0.6) is 11.5 Å². The highest BCUT2D eigenvalue weighted by Gasteiger charge is 2.22. The number of Topliss-reactive ketones (excluding diaryl/α,β-unsaturated/α-hetero) is 1. The van der Waals surface area contributed by atoms with E-state index < -0.39 is 0 Å². The topological polar surface area (TPSA) is 46.5 Å². The second-order valence-electron chi connectivity index (χ2n) is 6.26. The molecule has 3 aromatic carbocycles. The van der Waals surface area contributed by atoms with Gasteiger partial charge in [0.2, 0.25) is 0 Å². The number of ketones is 1. The Kier molecular flexibility index (Phi) is 5.69. The molecule has 0 radical (unpaired) electrons. The maximum absolute atomic E-state index is 13.1. The molecule has 3 rings (SSSR count). The number of rotatable bonds is 7. The third kappa shape index (κ3) is 4.31. The second kappa shape index (κ2) is 8.34. The fourth-order valence-corrected chi connectivity index (χ4v) is 3.10. The Labute approximate surface area is 153 Å². The summed E-state index contributed by atoms with van der Waals surface area (Å²) < 4.78 is 5.28. The molecule has 3 aromatic rings. The van der Waals surface area contributed by atoms with Crippen LogP contribution in [0.25, 0.3) is 0 Å². The molecule has 0 heterocycles. The Hall–Kier alpha value is -3.07. The Morgan fingerprint density at radius 2 is 1.69 bits per heavy atom. The smallest absolute Gasteiger partial charge is 0.170 e. The van der Waals surface area contributed by atoms with Crippen LogP contribution in [0.1, 0.15) is 33.8 Å². The van der Waals surface area contributed by atoms with Crippen LogP contribution in [0, 0.1) is 0 Å². The van der Waals surface area contributed by atoms with Gasteiger partial charge in [-0.1, -0.05) is 42.5 Å². The number of carbonyl (C=O) groups is 1. The lowest BCUT2D eigenvalue weighted by atomic mass is 9.86. The molecule has 0 bridgehead atoms. The lowest BCUT2D eigenvalue weighted by molar-refractivity contribution is 0.0955. The fraction of sp³-hybridized carbons (Fsp3) is 0.174. The highest BCUT2D eigenvalue weighted by molar-refractivity contribution is 6.01. The predicted molar refractivity (Wildman–Crippen MR) is 103 cm³/mol. The summed E-state index contributed by atoms with van der Waals surface area (Å²) in [6.45, 7) is 0. The maximum Gasteiger partial charge on any atom is 0.170 e. The number of phenols is 1. The van der Waals surface area contributed by atoms with Crippen molar-refractivity contribution in [1.82, 2.24) is 0 Å². The van der Waals surface area contributed by atoms with Crippen molar-refractivity contribution in [3.05, 3.63) is 95.6 Å². The first kappa shape index (κ1) is 17.7. The van der Waals surface area contributed by atoms with Crippen molar-refractivity contribution in [3.63, 3.8) is 0 Å². The Balaban J connectivity index is 1.83. The first-order valence-electron chi connectivity index (χ1n) is 8.68. The zero-order chi connectivity index (χ0) is 18.4. The van der Waals surface area contributed by atoms with Crippen LogP contribution in [0.15, 0.2) is 78.9 Å². The molecule has 3 nitrogen and oxygen atoms in total. The van der Waals surface area contributed by atoms with Crippen LogP contribution in [0.4, 0.5) is 0 Å². The van der Waals surface area contributed by atoms with Gasteiger partial charge in [0.1, 0.15) is 11.5 Å². The summed E-state index contributed by atoms with van der Waals surface area (Å²) in [7, 11) is 1.65. The molecule has 0 aliphatic rings. The van der Waals surface area contributed by atoms with Crippen LogP contribution >= 0.6 is 0 Å². The van der Waals surface area contributed by atoms with Crippen LogP contribution in [0.3, 0.4) is 0 Å². The van der Waals surface area contributed by atoms with E-state index in [1.54, 1.807) is 31.4 Å². The van der Waals surface area contributed by atoms with E-state index in [-0.39, 0.29) is 17.5 Å². The van der Waals surface area contributed by atoms with Gasteiger partial charge in [-0.05, 0) is 60.4 Å². The van der Waals surface area contributed by atoms with Crippen molar-refractivity contribution < 1.29 is 14.6 Å². The number of benzene rings is 3. The molecule has 132 valence electrons. The Morgan fingerprint density at radius 1 is 0.962 bits per heavy atom. The van der Waals surface area contributed by atoms with Crippen LogP contribution in [-0.4, -0.2) is 18.0 Å². The third-order valence-corrected chi connectivity index (χ3v) is 4.53. The molecule has 0 aliphatic carbocycles. The molecule has 0 amide bonds. The molecule has 26 heavy (non-hydrogen) atoms. The first-order chi connectivity index (χ1) is 12.7. The molecule has 1 unspecified atom stereocenters. The number of hydrogen-bond donors (Lipinski definition) is 1. The minimum atomic E-state index is -0.230. The first-order valence-corrected chi connectivity index (χ1v) is 8.68. The molecule has 0 aromatic heterocycles. The van der Waals surface area contributed by atoms with E-state index in [0.717, 1.165) is 23.3 Å². The van der Waals surface area contributed by atoms with E-state index in [1.807, 2.05) is 48.5 Å². The number of aromatic hydroxyl groups is 1. The van der Waals surface area contributed by atoms with Crippen molar-refractivity contribution in [2.45, 2.75) is 18.8 Å². The van der Waals surface area contributed by atoms with Gasteiger partial charge in [-0.2, -0.15) is 0 Å². The zero-order valence-electron chi connectivity index (χ0n) is 14.8. The molecule has 3 heteroatoms. The molecule has 0 fully saturated rings. The average Bonchev–Trinajstić information content (AvgIpc) is 2.69. The number of phenolic OH excluding ortho intramolecular Hbond substituents is 1. The summed E-state index contributed by atoms with van der Waals surface area (Å²) in [4.78, 5) is 13.1. The van der Waals surface area contributed by atoms with Crippen molar-refractivity contribution >= 4 is 5.78 Å². The molecule has 0 spiro atoms. The van der Waals surface area contributed by atoms with Gasteiger partial charge in [0.15, 0.2) is 5.78 Å². The highest BCUT2D eigenvalue weighted by atomic mass is 16.5. The quantitative estimate of drug-likeness (QED) is 0.612. The summed E-state index contributed by atoms with van der Waals surface area (Å²) in [5.74, 6) is 0.823. The molecule has 0 saturated heterocycles. The minimum Gasteiger partial charge on any atom is -0.508 e. The SMILES string of the molecule is COc1cccc(CCC(C(=O)c2ccc(O)cc2)c2ccccc2)c1. The van der Waals surface area contributed by atoms with Gasteiger partial charge in [0.25, 0.3) is 0 Å². The van der Waals surface area contributed by atoms with E-state index >= 15 is 0 Å². The number of carbonyl (C=O) groups excluding carboxylic acids is 1. The Bertz CT molecular complexity index is 854. The van der Waals surface area contributed by atoms with Crippen molar-refractivity contribution in [2.24, 2.45) is 0 Å².